The second-order valence-corrected chi connectivity index (χ2v) is 10.3. The van der Waals surface area contributed by atoms with E-state index in [1.54, 1.807) is 12.1 Å². The largest absolute Gasteiger partial charge is 0.426 e. The van der Waals surface area contributed by atoms with Gasteiger partial charge < -0.3 is 19.0 Å². The van der Waals surface area contributed by atoms with Crippen molar-refractivity contribution < 1.29 is 23.8 Å². The first-order valence-corrected chi connectivity index (χ1v) is 16.0. The van der Waals surface area contributed by atoms with Gasteiger partial charge in [-0.05, 0) is 48.4 Å². The minimum absolute atomic E-state index is 0.206. The van der Waals surface area contributed by atoms with Crippen LogP contribution in [0.2, 0.25) is 0 Å². The van der Waals surface area contributed by atoms with Gasteiger partial charge in [0.25, 0.3) is 0 Å². The normalized spacial score (nSPS) is 10.2. The van der Waals surface area contributed by atoms with Crippen LogP contribution >= 0.6 is 0 Å². The summed E-state index contributed by atoms with van der Waals surface area (Å²) in [5.74, 6) is 0.145. The van der Waals surface area contributed by atoms with Gasteiger partial charge in [-0.3, -0.25) is 4.79 Å². The molecule has 1 unspecified atom stereocenters. The molecule has 0 fully saturated rings. The number of ether oxygens (including phenoxy) is 3. The summed E-state index contributed by atoms with van der Waals surface area (Å²) in [6.45, 7) is 27.1. The van der Waals surface area contributed by atoms with Crippen LogP contribution in [0.1, 0.15) is 98.8 Å². The number of para-hydroxylation sites is 1. The van der Waals surface area contributed by atoms with Gasteiger partial charge in [0.15, 0.2) is 0 Å². The molecule has 0 aliphatic heterocycles. The van der Waals surface area contributed by atoms with E-state index in [1.165, 1.54) is 11.1 Å². The van der Waals surface area contributed by atoms with Crippen LogP contribution in [0.3, 0.4) is 0 Å². The minimum atomic E-state index is -0.226. The van der Waals surface area contributed by atoms with E-state index in [9.17, 15) is 4.79 Å². The summed E-state index contributed by atoms with van der Waals surface area (Å²) >= 11 is 0. The minimum Gasteiger partial charge on any atom is -0.426 e. The lowest BCUT2D eigenvalue weighted by Gasteiger charge is -2.17. The number of rotatable bonds is 11. The zero-order valence-corrected chi connectivity index (χ0v) is 29.7. The van der Waals surface area contributed by atoms with Crippen molar-refractivity contribution in [3.05, 3.63) is 102 Å². The smallest absolute Gasteiger partial charge is 0.314 e. The highest BCUT2D eigenvalue weighted by Crippen LogP contribution is 2.18. The highest BCUT2D eigenvalue weighted by Gasteiger charge is 2.15. The Morgan fingerprint density at radius 1 is 0.682 bits per heavy atom. The topological polar surface area (TPSA) is 61.8 Å². The van der Waals surface area contributed by atoms with Crippen molar-refractivity contribution in [1.29, 1.82) is 0 Å². The second-order valence-electron chi connectivity index (χ2n) is 10.3. The van der Waals surface area contributed by atoms with E-state index in [-0.39, 0.29) is 11.9 Å². The average Bonchev–Trinajstić information content (AvgIpc) is 3.06. The molecule has 3 aromatic carbocycles. The summed E-state index contributed by atoms with van der Waals surface area (Å²) in [5.41, 5.74) is 3.90. The molecule has 0 heterocycles. The summed E-state index contributed by atoms with van der Waals surface area (Å²) in [7, 11) is 0. The number of aryl methyl sites for hydroxylation is 1. The van der Waals surface area contributed by atoms with Gasteiger partial charge in [-0.25, -0.2) is 0 Å². The molecular formula is C39H62O5. The van der Waals surface area contributed by atoms with Gasteiger partial charge in [-0.1, -0.05) is 148 Å². The maximum Gasteiger partial charge on any atom is 0.314 e. The quantitative estimate of drug-likeness (QED) is 0.123. The van der Waals surface area contributed by atoms with Crippen molar-refractivity contribution in [2.45, 2.75) is 102 Å². The summed E-state index contributed by atoms with van der Waals surface area (Å²) in [5, 5.41) is 0. The number of esters is 1. The summed E-state index contributed by atoms with van der Waals surface area (Å²) in [4.78, 5) is 20.1. The van der Waals surface area contributed by atoms with Gasteiger partial charge in [0, 0.05) is 13.2 Å². The lowest BCUT2D eigenvalue weighted by Crippen LogP contribution is -2.19. The van der Waals surface area contributed by atoms with Crippen molar-refractivity contribution in [1.82, 2.24) is 0 Å². The lowest BCUT2D eigenvalue weighted by atomic mass is 9.93. The molecule has 0 bridgehead atoms. The van der Waals surface area contributed by atoms with Crippen molar-refractivity contribution in [2.75, 3.05) is 13.2 Å². The third kappa shape index (κ3) is 26.4. The van der Waals surface area contributed by atoms with Gasteiger partial charge in [0.05, 0.1) is 19.1 Å². The Labute approximate surface area is 270 Å². The molecule has 1 atom stereocenters. The van der Waals surface area contributed by atoms with E-state index in [2.05, 4.69) is 64.1 Å². The molecule has 3 aromatic rings. The molecule has 0 aliphatic rings. The fourth-order valence-electron chi connectivity index (χ4n) is 3.11. The van der Waals surface area contributed by atoms with Gasteiger partial charge >= 0.3 is 5.97 Å². The number of carbonyl (C=O) groups is 2. The molecule has 0 aliphatic carbocycles. The third-order valence-corrected chi connectivity index (χ3v) is 5.56. The molecule has 0 spiro atoms. The molecule has 0 amide bonds. The highest BCUT2D eigenvalue weighted by molar-refractivity contribution is 5.74. The van der Waals surface area contributed by atoms with Crippen LogP contribution in [0.25, 0.3) is 0 Å². The zero-order valence-electron chi connectivity index (χ0n) is 29.7. The van der Waals surface area contributed by atoms with Crippen LogP contribution in [-0.2, 0) is 32.3 Å². The molecule has 0 saturated carbocycles. The first kappa shape index (κ1) is 45.2. The monoisotopic (exact) mass is 610 g/mol. The molecule has 5 heteroatoms. The third-order valence-electron chi connectivity index (χ3n) is 5.56. The zero-order chi connectivity index (χ0) is 34.2. The van der Waals surface area contributed by atoms with Gasteiger partial charge in [-0.2, -0.15) is 0 Å². The summed E-state index contributed by atoms with van der Waals surface area (Å²) < 4.78 is 16.8. The predicted molar refractivity (Wildman–Crippen MR) is 188 cm³/mol. The fourth-order valence-corrected chi connectivity index (χ4v) is 3.11. The van der Waals surface area contributed by atoms with E-state index in [1.807, 2.05) is 91.7 Å². The molecule has 0 aromatic heterocycles. The lowest BCUT2D eigenvalue weighted by molar-refractivity contribution is -0.139. The Kier molecular flexibility index (Phi) is 32.0. The van der Waals surface area contributed by atoms with E-state index >= 15 is 0 Å². The van der Waals surface area contributed by atoms with Crippen molar-refractivity contribution >= 4 is 12.8 Å². The molecule has 248 valence electrons. The first-order chi connectivity index (χ1) is 21.2. The Hall–Kier alpha value is -3.28. The molecular weight excluding hydrogens is 548 g/mol. The Balaban J connectivity index is -0.000000937. The van der Waals surface area contributed by atoms with E-state index in [0.717, 1.165) is 18.6 Å². The molecule has 44 heavy (non-hydrogen) atoms. The van der Waals surface area contributed by atoms with Crippen LogP contribution in [0, 0.1) is 18.3 Å². The number of carbonyl (C=O) groups excluding carboxylic acids is 2. The Bertz CT molecular complexity index is 996. The summed E-state index contributed by atoms with van der Waals surface area (Å²) in [6.07, 6.45) is 1.68. The van der Waals surface area contributed by atoms with E-state index < -0.39 is 0 Å². The van der Waals surface area contributed by atoms with Crippen LogP contribution in [0.15, 0.2) is 84.9 Å². The molecule has 0 radical (unpaired) electrons. The van der Waals surface area contributed by atoms with Crippen molar-refractivity contribution in [3.8, 4) is 5.75 Å². The Morgan fingerprint density at radius 3 is 1.48 bits per heavy atom. The number of benzene rings is 3. The molecule has 0 N–H and O–H groups in total. The van der Waals surface area contributed by atoms with E-state index in [0.29, 0.717) is 37.4 Å². The van der Waals surface area contributed by atoms with Crippen LogP contribution < -0.4 is 4.74 Å². The van der Waals surface area contributed by atoms with Gasteiger partial charge in [0.1, 0.15) is 12.5 Å². The second kappa shape index (κ2) is 31.2. The predicted octanol–water partition coefficient (Wildman–Crippen LogP) is 10.7. The fraction of sp³-hybridized carbons (Fsp3) is 0.487. The van der Waals surface area contributed by atoms with Crippen LogP contribution in [0.4, 0.5) is 0 Å². The van der Waals surface area contributed by atoms with Crippen LogP contribution in [-0.4, -0.2) is 26.0 Å². The molecule has 5 nitrogen and oxygen atoms in total. The van der Waals surface area contributed by atoms with E-state index in [4.69, 9.17) is 19.0 Å². The van der Waals surface area contributed by atoms with Crippen LogP contribution in [0.5, 0.6) is 5.75 Å². The first-order valence-electron chi connectivity index (χ1n) is 16.0. The average molecular weight is 611 g/mol. The Morgan fingerprint density at radius 2 is 1.09 bits per heavy atom. The maximum absolute atomic E-state index is 12.1. The van der Waals surface area contributed by atoms with Crippen molar-refractivity contribution in [3.63, 3.8) is 0 Å². The maximum atomic E-state index is 12.1. The molecule has 0 saturated heterocycles. The molecule has 3 rings (SSSR count). The number of hydrogen-bond acceptors (Lipinski definition) is 5. The van der Waals surface area contributed by atoms with Gasteiger partial charge in [0.2, 0.25) is 0 Å². The highest BCUT2D eigenvalue weighted by atomic mass is 16.5. The van der Waals surface area contributed by atoms with Gasteiger partial charge in [-0.15, -0.1) is 0 Å². The SMILES string of the molecule is C=O.CC.CC.CC.CC(CCOCc1ccc(COCCC(C)(C)C)cc1)C(=O)Oc1ccccc1.Cc1ccccc1. The summed E-state index contributed by atoms with van der Waals surface area (Å²) in [6, 6.07) is 27.7. The van der Waals surface area contributed by atoms with Crippen molar-refractivity contribution in [2.24, 2.45) is 11.3 Å². The standard InChI is InChI=1S/C25H34O4.C7H8.3C2H6.CH2O/c1-20(24(26)29-23-8-6-5-7-9-23)14-16-27-18-21-10-12-22(13-11-21)19-28-17-15-25(2,3)4;1-7-5-3-2-4-6-7;4*1-2/h5-13,20H,14-19H2,1-4H3;2-6H,1H3;3*1-2H3;1H2. The number of hydrogen-bond donors (Lipinski definition) is 0.